The standard InChI is InChI=1S/C21H27N3O/c1-16-10-12-17(13-11-16)20(22)21(25)23(2)19-9-6-14-24(15-19)18-7-4-3-5-8-18/h3-5,7-8,10-13,19-20H,6,9,14-15,22H2,1-2H3. The van der Waals surface area contributed by atoms with Crippen LogP contribution in [0.25, 0.3) is 0 Å². The van der Waals surface area contributed by atoms with Crippen molar-refractivity contribution in [2.45, 2.75) is 31.8 Å². The van der Waals surface area contributed by atoms with Crippen molar-refractivity contribution in [1.82, 2.24) is 4.90 Å². The largest absolute Gasteiger partial charge is 0.369 e. The smallest absolute Gasteiger partial charge is 0.244 e. The van der Waals surface area contributed by atoms with Crippen LogP contribution < -0.4 is 10.6 Å². The lowest BCUT2D eigenvalue weighted by atomic mass is 10.0. The number of anilines is 1. The number of hydrogen-bond acceptors (Lipinski definition) is 3. The van der Waals surface area contributed by atoms with Gasteiger partial charge in [0.2, 0.25) is 5.91 Å². The first-order chi connectivity index (χ1) is 12.1. The number of carbonyl (C=O) groups excluding carboxylic acids is 1. The van der Waals surface area contributed by atoms with Gasteiger partial charge in [0.15, 0.2) is 0 Å². The molecular formula is C21H27N3O. The Morgan fingerprint density at radius 3 is 2.52 bits per heavy atom. The van der Waals surface area contributed by atoms with Gasteiger partial charge in [-0.25, -0.2) is 0 Å². The van der Waals surface area contributed by atoms with E-state index in [1.54, 1.807) is 0 Å². The summed E-state index contributed by atoms with van der Waals surface area (Å²) in [5.41, 5.74) is 9.50. The van der Waals surface area contributed by atoms with Crippen molar-refractivity contribution in [1.29, 1.82) is 0 Å². The molecule has 2 aromatic rings. The van der Waals surface area contributed by atoms with E-state index < -0.39 is 6.04 Å². The van der Waals surface area contributed by atoms with E-state index in [4.69, 9.17) is 5.73 Å². The fourth-order valence-electron chi connectivity index (χ4n) is 3.46. The molecule has 2 aromatic carbocycles. The lowest BCUT2D eigenvalue weighted by molar-refractivity contribution is -0.133. The van der Waals surface area contributed by atoms with Gasteiger partial charge in [0.25, 0.3) is 0 Å². The van der Waals surface area contributed by atoms with Crippen LogP contribution in [0, 0.1) is 6.92 Å². The molecule has 1 fully saturated rings. The van der Waals surface area contributed by atoms with Crippen LogP contribution in [0.1, 0.15) is 30.0 Å². The number of benzene rings is 2. The zero-order valence-corrected chi connectivity index (χ0v) is 15.1. The van der Waals surface area contributed by atoms with Gasteiger partial charge in [-0.1, -0.05) is 48.0 Å². The molecule has 1 aliphatic rings. The second-order valence-corrected chi connectivity index (χ2v) is 6.92. The van der Waals surface area contributed by atoms with E-state index in [-0.39, 0.29) is 11.9 Å². The Morgan fingerprint density at radius 1 is 1.16 bits per heavy atom. The molecule has 0 spiro atoms. The number of amides is 1. The molecule has 1 aliphatic heterocycles. The van der Waals surface area contributed by atoms with Crippen LogP contribution in [0.3, 0.4) is 0 Å². The van der Waals surface area contributed by atoms with E-state index in [1.165, 1.54) is 11.3 Å². The maximum Gasteiger partial charge on any atom is 0.244 e. The van der Waals surface area contributed by atoms with Crippen molar-refractivity contribution in [3.63, 3.8) is 0 Å². The van der Waals surface area contributed by atoms with Crippen LogP contribution >= 0.6 is 0 Å². The second kappa shape index (κ2) is 7.70. The monoisotopic (exact) mass is 337 g/mol. The predicted molar refractivity (Wildman–Crippen MR) is 103 cm³/mol. The number of hydrogen-bond donors (Lipinski definition) is 1. The Bertz CT molecular complexity index is 699. The minimum Gasteiger partial charge on any atom is -0.369 e. The van der Waals surface area contributed by atoms with E-state index in [9.17, 15) is 4.79 Å². The van der Waals surface area contributed by atoms with Gasteiger partial charge < -0.3 is 15.5 Å². The summed E-state index contributed by atoms with van der Waals surface area (Å²) in [4.78, 5) is 17.1. The van der Waals surface area contributed by atoms with Crippen LogP contribution in [0.4, 0.5) is 5.69 Å². The Labute approximate surface area is 150 Å². The molecular weight excluding hydrogens is 310 g/mol. The average molecular weight is 337 g/mol. The first kappa shape index (κ1) is 17.5. The van der Waals surface area contributed by atoms with Gasteiger partial charge in [-0.2, -0.15) is 0 Å². The molecule has 25 heavy (non-hydrogen) atoms. The molecule has 0 radical (unpaired) electrons. The number of carbonyl (C=O) groups is 1. The molecule has 1 amide bonds. The Hall–Kier alpha value is -2.33. The summed E-state index contributed by atoms with van der Waals surface area (Å²) in [5, 5.41) is 0. The number of likely N-dealkylation sites (N-methyl/N-ethyl adjacent to an activating group) is 1. The van der Waals surface area contributed by atoms with Crippen molar-refractivity contribution in [2.24, 2.45) is 5.73 Å². The van der Waals surface area contributed by atoms with Gasteiger partial charge in [0.05, 0.1) is 0 Å². The molecule has 132 valence electrons. The summed E-state index contributed by atoms with van der Waals surface area (Å²) in [6.45, 7) is 3.92. The van der Waals surface area contributed by atoms with Crippen molar-refractivity contribution in [3.8, 4) is 0 Å². The molecule has 0 aliphatic carbocycles. The zero-order valence-electron chi connectivity index (χ0n) is 15.1. The van der Waals surface area contributed by atoms with E-state index >= 15 is 0 Å². The predicted octanol–water partition coefficient (Wildman–Crippen LogP) is 3.12. The van der Waals surface area contributed by atoms with Gasteiger partial charge in [-0.15, -0.1) is 0 Å². The summed E-state index contributed by atoms with van der Waals surface area (Å²) < 4.78 is 0. The van der Waals surface area contributed by atoms with E-state index in [0.29, 0.717) is 0 Å². The highest BCUT2D eigenvalue weighted by Gasteiger charge is 2.29. The van der Waals surface area contributed by atoms with Crippen LogP contribution in [-0.2, 0) is 4.79 Å². The number of rotatable bonds is 4. The van der Waals surface area contributed by atoms with Crippen LogP contribution in [-0.4, -0.2) is 37.0 Å². The molecule has 3 rings (SSSR count). The highest BCUT2D eigenvalue weighted by atomic mass is 16.2. The third-order valence-corrected chi connectivity index (χ3v) is 5.12. The molecule has 1 heterocycles. The van der Waals surface area contributed by atoms with E-state index in [0.717, 1.165) is 31.5 Å². The summed E-state index contributed by atoms with van der Waals surface area (Å²) >= 11 is 0. The summed E-state index contributed by atoms with van der Waals surface area (Å²) in [6.07, 6.45) is 2.10. The molecule has 0 bridgehead atoms. The van der Waals surface area contributed by atoms with E-state index in [2.05, 4.69) is 29.2 Å². The topological polar surface area (TPSA) is 49.6 Å². The number of aryl methyl sites for hydroxylation is 1. The second-order valence-electron chi connectivity index (χ2n) is 6.92. The lowest BCUT2D eigenvalue weighted by Gasteiger charge is -2.39. The van der Waals surface area contributed by atoms with Crippen molar-refractivity contribution in [3.05, 3.63) is 65.7 Å². The van der Waals surface area contributed by atoms with Crippen LogP contribution in [0.2, 0.25) is 0 Å². The Kier molecular flexibility index (Phi) is 5.39. The molecule has 2 N–H and O–H groups in total. The van der Waals surface area contributed by atoms with Gasteiger partial charge in [0, 0.05) is 31.9 Å². The summed E-state index contributed by atoms with van der Waals surface area (Å²) in [7, 11) is 1.88. The number of piperidine rings is 1. The highest BCUT2D eigenvalue weighted by molar-refractivity contribution is 5.83. The van der Waals surface area contributed by atoms with Crippen LogP contribution in [0.15, 0.2) is 54.6 Å². The van der Waals surface area contributed by atoms with Crippen LogP contribution in [0.5, 0.6) is 0 Å². The number of nitrogens with zero attached hydrogens (tertiary/aromatic N) is 2. The number of para-hydroxylation sites is 1. The zero-order chi connectivity index (χ0) is 17.8. The SMILES string of the molecule is Cc1ccc(C(N)C(=O)N(C)C2CCCN(c3ccccc3)C2)cc1. The molecule has 0 aromatic heterocycles. The maximum atomic E-state index is 12.9. The molecule has 2 atom stereocenters. The lowest BCUT2D eigenvalue weighted by Crippen LogP contribution is -2.50. The quantitative estimate of drug-likeness (QED) is 0.932. The molecule has 0 saturated carbocycles. The third-order valence-electron chi connectivity index (χ3n) is 5.12. The summed E-state index contributed by atoms with van der Waals surface area (Å²) in [6, 6.07) is 17.9. The first-order valence-corrected chi connectivity index (χ1v) is 8.95. The minimum atomic E-state index is -0.599. The third kappa shape index (κ3) is 4.02. The Balaban J connectivity index is 1.68. The molecule has 4 nitrogen and oxygen atoms in total. The minimum absolute atomic E-state index is 0.0104. The molecule has 4 heteroatoms. The van der Waals surface area contributed by atoms with Gasteiger partial charge in [-0.3, -0.25) is 4.79 Å². The fraction of sp³-hybridized carbons (Fsp3) is 0.381. The van der Waals surface area contributed by atoms with Gasteiger partial charge in [-0.05, 0) is 37.5 Å². The fourth-order valence-corrected chi connectivity index (χ4v) is 3.46. The first-order valence-electron chi connectivity index (χ1n) is 8.95. The maximum absolute atomic E-state index is 12.9. The van der Waals surface area contributed by atoms with Gasteiger partial charge >= 0.3 is 0 Å². The van der Waals surface area contributed by atoms with Gasteiger partial charge in [0.1, 0.15) is 6.04 Å². The highest BCUT2D eigenvalue weighted by Crippen LogP contribution is 2.23. The normalized spacial score (nSPS) is 18.7. The van der Waals surface area contributed by atoms with E-state index in [1.807, 2.05) is 49.2 Å². The number of nitrogens with two attached hydrogens (primary N) is 1. The van der Waals surface area contributed by atoms with Crippen molar-refractivity contribution in [2.75, 3.05) is 25.0 Å². The van der Waals surface area contributed by atoms with Crippen molar-refractivity contribution < 1.29 is 4.79 Å². The Morgan fingerprint density at radius 2 is 1.84 bits per heavy atom. The molecule has 2 unspecified atom stereocenters. The summed E-state index contributed by atoms with van der Waals surface area (Å²) in [5.74, 6) is -0.0104. The molecule has 1 saturated heterocycles. The van der Waals surface area contributed by atoms with Crippen molar-refractivity contribution >= 4 is 11.6 Å². The average Bonchev–Trinajstić information content (AvgIpc) is 2.67.